The quantitative estimate of drug-likeness (QED) is 0.284. The van der Waals surface area contributed by atoms with Crippen LogP contribution in [0, 0.1) is 0 Å². The second-order valence-corrected chi connectivity index (χ2v) is 11.6. The van der Waals surface area contributed by atoms with Crippen molar-refractivity contribution in [3.8, 4) is 5.75 Å². The fourth-order valence-electron chi connectivity index (χ4n) is 3.71. The summed E-state index contributed by atoms with van der Waals surface area (Å²) in [4.78, 5) is 22.2. The highest BCUT2D eigenvalue weighted by Gasteiger charge is 2.25. The van der Waals surface area contributed by atoms with E-state index in [-0.39, 0.29) is 23.2 Å². The second kappa shape index (κ2) is 14.1. The van der Waals surface area contributed by atoms with Crippen molar-refractivity contribution in [1.82, 2.24) is 14.2 Å². The molecule has 11 heteroatoms. The first-order valence-electron chi connectivity index (χ1n) is 12.3. The molecular weight excluding hydrogens is 532 g/mol. The Kier molecular flexibility index (Phi) is 11.8. The molecule has 3 rings (SSSR count). The van der Waals surface area contributed by atoms with Crippen molar-refractivity contribution in [2.24, 2.45) is 0 Å². The Morgan fingerprint density at radius 2 is 1.70 bits per heavy atom. The van der Waals surface area contributed by atoms with Gasteiger partial charge in [-0.3, -0.25) is 9.69 Å². The average Bonchev–Trinajstić information content (AvgIpc) is 3.27. The maximum absolute atomic E-state index is 13.6. The molecule has 0 aliphatic rings. The summed E-state index contributed by atoms with van der Waals surface area (Å²) in [7, 11) is 0.297. The first kappa shape index (κ1) is 31.0. The number of nitrogens with zero attached hydrogens (tertiary/aromatic N) is 4. The Labute approximate surface area is 230 Å². The third-order valence-electron chi connectivity index (χ3n) is 5.76. The Bertz CT molecular complexity index is 1260. The van der Waals surface area contributed by atoms with E-state index < -0.39 is 10.0 Å². The van der Waals surface area contributed by atoms with Crippen molar-refractivity contribution in [2.45, 2.75) is 38.5 Å². The molecule has 0 radical (unpaired) electrons. The van der Waals surface area contributed by atoms with Gasteiger partial charge in [-0.1, -0.05) is 31.6 Å². The predicted molar refractivity (Wildman–Crippen MR) is 154 cm³/mol. The molecule has 0 spiro atoms. The molecule has 1 amide bonds. The lowest BCUT2D eigenvalue weighted by Gasteiger charge is -2.23. The molecule has 0 fully saturated rings. The molecule has 0 atom stereocenters. The number of carbonyl (C=O) groups is 1. The van der Waals surface area contributed by atoms with Crippen molar-refractivity contribution in [3.63, 3.8) is 0 Å². The van der Waals surface area contributed by atoms with Gasteiger partial charge >= 0.3 is 0 Å². The molecule has 0 bridgehead atoms. The van der Waals surface area contributed by atoms with E-state index in [2.05, 4.69) is 0 Å². The number of carbonyl (C=O) groups excluding carboxylic acids is 1. The molecule has 37 heavy (non-hydrogen) atoms. The number of hydrogen-bond donors (Lipinski definition) is 0. The zero-order chi connectivity index (χ0) is 26.3. The van der Waals surface area contributed by atoms with E-state index in [0.717, 1.165) is 28.8 Å². The fraction of sp³-hybridized carbons (Fsp3) is 0.462. The minimum absolute atomic E-state index is 0. The lowest BCUT2D eigenvalue weighted by atomic mass is 10.2. The van der Waals surface area contributed by atoms with Gasteiger partial charge in [0.05, 0.1) is 21.7 Å². The Hall–Kier alpha value is -2.24. The summed E-state index contributed by atoms with van der Waals surface area (Å²) in [5.41, 5.74) is 1.22. The van der Waals surface area contributed by atoms with E-state index >= 15 is 0 Å². The van der Waals surface area contributed by atoms with E-state index in [4.69, 9.17) is 9.72 Å². The number of anilines is 1. The van der Waals surface area contributed by atoms with Gasteiger partial charge in [-0.2, -0.15) is 4.31 Å². The summed E-state index contributed by atoms with van der Waals surface area (Å²) in [6.07, 6.45) is 1.72. The molecule has 1 aromatic heterocycles. The number of sulfonamides is 1. The van der Waals surface area contributed by atoms with Crippen LogP contribution in [0.2, 0.25) is 0 Å². The topological polar surface area (TPSA) is 83.1 Å². The van der Waals surface area contributed by atoms with Crippen molar-refractivity contribution in [1.29, 1.82) is 0 Å². The molecule has 204 valence electrons. The van der Waals surface area contributed by atoms with Gasteiger partial charge in [-0.15, -0.1) is 12.4 Å². The van der Waals surface area contributed by atoms with Gasteiger partial charge in [0.1, 0.15) is 5.75 Å². The molecule has 0 saturated carbocycles. The third-order valence-corrected chi connectivity index (χ3v) is 8.79. The molecular formula is C26H37ClN4O4S2. The number of unbranched alkanes of at least 4 members (excludes halogenated alkanes) is 1. The van der Waals surface area contributed by atoms with Crippen LogP contribution in [0.4, 0.5) is 5.13 Å². The van der Waals surface area contributed by atoms with E-state index in [1.165, 1.54) is 27.8 Å². The van der Waals surface area contributed by atoms with E-state index in [0.29, 0.717) is 43.5 Å². The molecule has 2 aromatic carbocycles. The van der Waals surface area contributed by atoms with E-state index in [1.807, 2.05) is 58.0 Å². The van der Waals surface area contributed by atoms with Crippen molar-refractivity contribution < 1.29 is 17.9 Å². The third kappa shape index (κ3) is 7.64. The summed E-state index contributed by atoms with van der Waals surface area (Å²) in [6.45, 7) is 8.37. The Balaban J connectivity index is 0.00000481. The summed E-state index contributed by atoms with van der Waals surface area (Å²) < 4.78 is 34.1. The summed E-state index contributed by atoms with van der Waals surface area (Å²) >= 11 is 1.43. The SMILES string of the molecule is CCCCN(CC)S(=O)(=O)c1ccc(C(=O)N(CCN(C)C)c2nc3ccc(OCC)cc3s2)cc1.Cl. The summed E-state index contributed by atoms with van der Waals surface area (Å²) in [5, 5.41) is 0.596. The Morgan fingerprint density at radius 1 is 1.00 bits per heavy atom. The van der Waals surface area contributed by atoms with Gasteiger partial charge in [-0.05, 0) is 69.9 Å². The minimum Gasteiger partial charge on any atom is -0.494 e. The predicted octanol–water partition coefficient (Wildman–Crippen LogP) is 5.14. The van der Waals surface area contributed by atoms with Gasteiger partial charge in [0.15, 0.2) is 5.13 Å². The zero-order valence-corrected chi connectivity index (χ0v) is 24.6. The number of benzene rings is 2. The first-order valence-corrected chi connectivity index (χ1v) is 14.6. The van der Waals surface area contributed by atoms with Gasteiger partial charge in [0.25, 0.3) is 5.91 Å². The molecule has 0 unspecified atom stereocenters. The number of likely N-dealkylation sites (N-methyl/N-ethyl adjacent to an activating group) is 1. The van der Waals surface area contributed by atoms with Crippen LogP contribution < -0.4 is 9.64 Å². The van der Waals surface area contributed by atoms with Crippen LogP contribution in [0.15, 0.2) is 47.4 Å². The van der Waals surface area contributed by atoms with Crippen LogP contribution in [0.3, 0.4) is 0 Å². The van der Waals surface area contributed by atoms with Crippen LogP contribution in [0.5, 0.6) is 5.75 Å². The number of thiazole rings is 1. The lowest BCUT2D eigenvalue weighted by Crippen LogP contribution is -2.36. The zero-order valence-electron chi connectivity index (χ0n) is 22.1. The molecule has 0 aliphatic heterocycles. The summed E-state index contributed by atoms with van der Waals surface area (Å²) in [5.74, 6) is 0.548. The highest BCUT2D eigenvalue weighted by atomic mass is 35.5. The molecule has 8 nitrogen and oxygen atoms in total. The van der Waals surface area contributed by atoms with Crippen LogP contribution in [-0.4, -0.2) is 75.4 Å². The summed E-state index contributed by atoms with van der Waals surface area (Å²) in [6, 6.07) is 11.9. The van der Waals surface area contributed by atoms with Gasteiger partial charge in [0, 0.05) is 31.7 Å². The first-order chi connectivity index (χ1) is 17.2. The highest BCUT2D eigenvalue weighted by molar-refractivity contribution is 7.89. The average molecular weight is 569 g/mol. The van der Waals surface area contributed by atoms with Crippen LogP contribution in [0.25, 0.3) is 10.2 Å². The molecule has 0 aliphatic carbocycles. The molecule has 0 N–H and O–H groups in total. The number of ether oxygens (including phenoxy) is 1. The molecule has 3 aromatic rings. The largest absolute Gasteiger partial charge is 0.494 e. The minimum atomic E-state index is -3.61. The van der Waals surface area contributed by atoms with E-state index in [9.17, 15) is 13.2 Å². The number of halogens is 1. The van der Waals surface area contributed by atoms with Gasteiger partial charge < -0.3 is 9.64 Å². The van der Waals surface area contributed by atoms with Gasteiger partial charge in [-0.25, -0.2) is 13.4 Å². The lowest BCUT2D eigenvalue weighted by molar-refractivity contribution is 0.0985. The monoisotopic (exact) mass is 568 g/mol. The second-order valence-electron chi connectivity index (χ2n) is 8.69. The normalized spacial score (nSPS) is 11.6. The number of amides is 1. The number of rotatable bonds is 13. The van der Waals surface area contributed by atoms with Crippen molar-refractivity contribution >= 4 is 55.0 Å². The standard InChI is InChI=1S/C26H36N4O4S2.ClH/c1-6-9-16-29(7-2)36(32,33)22-13-10-20(11-14-22)25(31)30(18-17-28(4)5)26-27-23-15-12-21(34-8-3)19-24(23)35-26;/h10-15,19H,6-9,16-18H2,1-5H3;1H. The van der Waals surface area contributed by atoms with Crippen molar-refractivity contribution in [2.75, 3.05) is 51.8 Å². The van der Waals surface area contributed by atoms with Gasteiger partial charge in [0.2, 0.25) is 10.0 Å². The maximum atomic E-state index is 13.6. The fourth-order valence-corrected chi connectivity index (χ4v) is 6.21. The van der Waals surface area contributed by atoms with Crippen LogP contribution in [0.1, 0.15) is 44.0 Å². The van der Waals surface area contributed by atoms with Crippen LogP contribution in [-0.2, 0) is 10.0 Å². The highest BCUT2D eigenvalue weighted by Crippen LogP contribution is 2.32. The molecule has 1 heterocycles. The number of aromatic nitrogens is 1. The van der Waals surface area contributed by atoms with Crippen LogP contribution >= 0.6 is 23.7 Å². The van der Waals surface area contributed by atoms with E-state index in [1.54, 1.807) is 17.0 Å². The maximum Gasteiger partial charge on any atom is 0.260 e. The molecule has 0 saturated heterocycles. The van der Waals surface area contributed by atoms with Crippen molar-refractivity contribution in [3.05, 3.63) is 48.0 Å². The smallest absolute Gasteiger partial charge is 0.260 e. The number of hydrogen-bond acceptors (Lipinski definition) is 7. The number of fused-ring (bicyclic) bond motifs is 1. The Morgan fingerprint density at radius 3 is 2.30 bits per heavy atom.